The number of rotatable bonds is 5. The Morgan fingerprint density at radius 2 is 2.15 bits per heavy atom. The van der Waals surface area contributed by atoms with Gasteiger partial charge >= 0.3 is 0 Å². The Labute approximate surface area is 83.4 Å². The van der Waals surface area contributed by atoms with Crippen LogP contribution in [-0.4, -0.2) is 27.5 Å². The van der Waals surface area contributed by atoms with Gasteiger partial charge in [0.25, 0.3) is 0 Å². The number of nitrogens with zero attached hydrogens (tertiary/aromatic N) is 2. The van der Waals surface area contributed by atoms with Gasteiger partial charge in [0.1, 0.15) is 0 Å². The van der Waals surface area contributed by atoms with E-state index in [9.17, 15) is 0 Å². The minimum Gasteiger partial charge on any atom is -0.351 e. The predicted molar refractivity (Wildman–Crippen MR) is 58.1 cm³/mol. The Bertz CT molecular complexity index is 228. The molecule has 1 unspecified atom stereocenters. The first kappa shape index (κ1) is 10.3. The Balaban J connectivity index is 2.32. The molecule has 0 aliphatic rings. The van der Waals surface area contributed by atoms with Gasteiger partial charge in [-0.05, 0) is 18.7 Å². The molecule has 0 spiro atoms. The van der Waals surface area contributed by atoms with E-state index in [0.717, 1.165) is 11.5 Å². The van der Waals surface area contributed by atoms with E-state index in [2.05, 4.69) is 29.1 Å². The van der Waals surface area contributed by atoms with Crippen molar-refractivity contribution < 1.29 is 0 Å². The predicted octanol–water partition coefficient (Wildman–Crippen LogP) is 2.03. The van der Waals surface area contributed by atoms with Crippen LogP contribution >= 0.6 is 11.8 Å². The Morgan fingerprint density at radius 1 is 1.46 bits per heavy atom. The average molecular weight is 197 g/mol. The second-order valence-corrected chi connectivity index (χ2v) is 4.10. The topological polar surface area (TPSA) is 37.8 Å². The van der Waals surface area contributed by atoms with Crippen LogP contribution in [0.5, 0.6) is 0 Å². The molecule has 0 amide bonds. The molecular formula is C9H15N3S. The van der Waals surface area contributed by atoms with Crippen molar-refractivity contribution in [2.45, 2.75) is 19.9 Å². The maximum absolute atomic E-state index is 4.10. The SMILES string of the molecule is CCSCC(C)Nc1ncccn1. The summed E-state index contributed by atoms with van der Waals surface area (Å²) in [4.78, 5) is 8.19. The van der Waals surface area contributed by atoms with E-state index in [4.69, 9.17) is 0 Å². The highest BCUT2D eigenvalue weighted by molar-refractivity contribution is 7.99. The molecular weight excluding hydrogens is 182 g/mol. The summed E-state index contributed by atoms with van der Waals surface area (Å²) in [5.74, 6) is 2.96. The molecule has 0 fully saturated rings. The third kappa shape index (κ3) is 4.12. The van der Waals surface area contributed by atoms with Crippen LogP contribution in [0, 0.1) is 0 Å². The van der Waals surface area contributed by atoms with Crippen molar-refractivity contribution in [1.29, 1.82) is 0 Å². The van der Waals surface area contributed by atoms with Crippen LogP contribution < -0.4 is 5.32 Å². The molecule has 72 valence electrons. The lowest BCUT2D eigenvalue weighted by molar-refractivity contribution is 0.886. The fraction of sp³-hybridized carbons (Fsp3) is 0.556. The standard InChI is InChI=1S/C9H15N3S/c1-3-13-7-8(2)12-9-10-5-4-6-11-9/h4-6,8H,3,7H2,1-2H3,(H,10,11,12). The molecule has 1 aromatic heterocycles. The number of aromatic nitrogens is 2. The summed E-state index contributed by atoms with van der Waals surface area (Å²) >= 11 is 1.92. The summed E-state index contributed by atoms with van der Waals surface area (Å²) in [5.41, 5.74) is 0. The minimum atomic E-state index is 0.423. The molecule has 4 heteroatoms. The second kappa shape index (κ2) is 5.80. The first-order valence-corrected chi connectivity index (χ1v) is 5.59. The lowest BCUT2D eigenvalue weighted by Gasteiger charge is -2.11. The van der Waals surface area contributed by atoms with Gasteiger partial charge in [-0.2, -0.15) is 11.8 Å². The van der Waals surface area contributed by atoms with Crippen molar-refractivity contribution in [3.63, 3.8) is 0 Å². The van der Waals surface area contributed by atoms with Crippen LogP contribution in [0.4, 0.5) is 5.95 Å². The van der Waals surface area contributed by atoms with Gasteiger partial charge in [-0.1, -0.05) is 6.92 Å². The summed E-state index contributed by atoms with van der Waals surface area (Å²) in [6, 6.07) is 2.24. The van der Waals surface area contributed by atoms with Crippen molar-refractivity contribution in [3.05, 3.63) is 18.5 Å². The fourth-order valence-corrected chi connectivity index (χ4v) is 1.60. The van der Waals surface area contributed by atoms with Crippen molar-refractivity contribution >= 4 is 17.7 Å². The normalized spacial score (nSPS) is 12.5. The Kier molecular flexibility index (Phi) is 4.60. The van der Waals surface area contributed by atoms with Crippen molar-refractivity contribution in [3.8, 4) is 0 Å². The van der Waals surface area contributed by atoms with E-state index in [1.54, 1.807) is 12.4 Å². The monoisotopic (exact) mass is 197 g/mol. The molecule has 13 heavy (non-hydrogen) atoms. The molecule has 1 heterocycles. The highest BCUT2D eigenvalue weighted by Crippen LogP contribution is 2.05. The largest absolute Gasteiger partial charge is 0.351 e. The third-order valence-corrected chi connectivity index (χ3v) is 2.66. The summed E-state index contributed by atoms with van der Waals surface area (Å²) < 4.78 is 0. The first-order valence-electron chi connectivity index (χ1n) is 4.44. The minimum absolute atomic E-state index is 0.423. The molecule has 0 radical (unpaired) electrons. The van der Waals surface area contributed by atoms with Crippen LogP contribution in [0.2, 0.25) is 0 Å². The van der Waals surface area contributed by atoms with Gasteiger partial charge in [-0.15, -0.1) is 0 Å². The van der Waals surface area contributed by atoms with Gasteiger partial charge in [0.2, 0.25) is 5.95 Å². The molecule has 0 saturated heterocycles. The van der Waals surface area contributed by atoms with Crippen LogP contribution in [0.1, 0.15) is 13.8 Å². The van der Waals surface area contributed by atoms with E-state index in [1.807, 2.05) is 17.8 Å². The lowest BCUT2D eigenvalue weighted by atomic mass is 10.4. The molecule has 0 saturated carbocycles. The molecule has 3 nitrogen and oxygen atoms in total. The zero-order chi connectivity index (χ0) is 9.52. The molecule has 1 rings (SSSR count). The van der Waals surface area contributed by atoms with Crippen molar-refractivity contribution in [1.82, 2.24) is 9.97 Å². The summed E-state index contributed by atoms with van der Waals surface area (Å²) in [5, 5.41) is 3.23. The number of anilines is 1. The van der Waals surface area contributed by atoms with Gasteiger partial charge < -0.3 is 5.32 Å². The number of hydrogen-bond donors (Lipinski definition) is 1. The maximum atomic E-state index is 4.10. The maximum Gasteiger partial charge on any atom is 0.222 e. The number of nitrogens with one attached hydrogen (secondary N) is 1. The van der Waals surface area contributed by atoms with E-state index >= 15 is 0 Å². The van der Waals surface area contributed by atoms with E-state index < -0.39 is 0 Å². The van der Waals surface area contributed by atoms with Crippen molar-refractivity contribution in [2.75, 3.05) is 16.8 Å². The first-order chi connectivity index (χ1) is 6.33. The van der Waals surface area contributed by atoms with E-state index in [1.165, 1.54) is 0 Å². The fourth-order valence-electron chi connectivity index (χ4n) is 0.930. The highest BCUT2D eigenvalue weighted by atomic mass is 32.2. The Morgan fingerprint density at radius 3 is 2.77 bits per heavy atom. The van der Waals surface area contributed by atoms with E-state index in [0.29, 0.717) is 12.0 Å². The summed E-state index contributed by atoms with van der Waals surface area (Å²) in [7, 11) is 0. The second-order valence-electron chi connectivity index (χ2n) is 2.78. The zero-order valence-corrected chi connectivity index (χ0v) is 8.84. The third-order valence-electron chi connectivity index (χ3n) is 1.51. The molecule has 0 aliphatic heterocycles. The smallest absolute Gasteiger partial charge is 0.222 e. The molecule has 0 aliphatic carbocycles. The molecule has 0 aromatic carbocycles. The van der Waals surface area contributed by atoms with Crippen LogP contribution in [0.3, 0.4) is 0 Å². The zero-order valence-electron chi connectivity index (χ0n) is 8.03. The van der Waals surface area contributed by atoms with Gasteiger partial charge in [-0.25, -0.2) is 9.97 Å². The quantitative estimate of drug-likeness (QED) is 0.783. The van der Waals surface area contributed by atoms with Gasteiger partial charge in [0.05, 0.1) is 0 Å². The van der Waals surface area contributed by atoms with Crippen molar-refractivity contribution in [2.24, 2.45) is 0 Å². The number of hydrogen-bond acceptors (Lipinski definition) is 4. The Hall–Kier alpha value is -0.770. The average Bonchev–Trinajstić information content (AvgIpc) is 2.16. The summed E-state index contributed by atoms with van der Waals surface area (Å²) in [6.45, 7) is 4.30. The summed E-state index contributed by atoms with van der Waals surface area (Å²) in [6.07, 6.45) is 3.49. The molecule has 1 aromatic rings. The van der Waals surface area contributed by atoms with Crippen LogP contribution in [0.25, 0.3) is 0 Å². The number of thioether (sulfide) groups is 1. The van der Waals surface area contributed by atoms with Gasteiger partial charge in [0, 0.05) is 24.2 Å². The van der Waals surface area contributed by atoms with Gasteiger partial charge in [-0.3, -0.25) is 0 Å². The van der Waals surface area contributed by atoms with Gasteiger partial charge in [0.15, 0.2) is 0 Å². The molecule has 0 bridgehead atoms. The molecule has 1 N–H and O–H groups in total. The molecule has 1 atom stereocenters. The lowest BCUT2D eigenvalue weighted by Crippen LogP contribution is -2.19. The van der Waals surface area contributed by atoms with Crippen LogP contribution in [-0.2, 0) is 0 Å². The highest BCUT2D eigenvalue weighted by Gasteiger charge is 2.01. The van der Waals surface area contributed by atoms with E-state index in [-0.39, 0.29) is 0 Å². The van der Waals surface area contributed by atoms with Crippen LogP contribution in [0.15, 0.2) is 18.5 Å².